The van der Waals surface area contributed by atoms with E-state index in [1.165, 1.54) is 0 Å². The predicted octanol–water partition coefficient (Wildman–Crippen LogP) is 3.21. The summed E-state index contributed by atoms with van der Waals surface area (Å²) in [5, 5.41) is 4.23. The molecule has 0 N–H and O–H groups in total. The summed E-state index contributed by atoms with van der Waals surface area (Å²) >= 11 is 3.69. The Morgan fingerprint density at radius 1 is 1.33 bits per heavy atom. The molecule has 86 valence electrons. The van der Waals surface area contributed by atoms with Crippen LogP contribution in [0.2, 0.25) is 0 Å². The lowest BCUT2D eigenvalue weighted by Gasteiger charge is -2.14. The van der Waals surface area contributed by atoms with E-state index in [9.17, 15) is 0 Å². The molecule has 0 aromatic carbocycles. The van der Waals surface area contributed by atoms with Crippen LogP contribution in [0.25, 0.3) is 0 Å². The van der Waals surface area contributed by atoms with Gasteiger partial charge in [-0.3, -0.25) is 0 Å². The molecule has 1 unspecified atom stereocenters. The van der Waals surface area contributed by atoms with Gasteiger partial charge in [-0.15, -0.1) is 0 Å². The summed E-state index contributed by atoms with van der Waals surface area (Å²) in [5.74, 6) is 1.76. The maximum absolute atomic E-state index is 4.30. The molecule has 1 atom stereocenters. The molecule has 1 aromatic heterocycles. The van der Waals surface area contributed by atoms with E-state index in [-0.39, 0.29) is 0 Å². The highest BCUT2D eigenvalue weighted by atomic mass is 79.9. The number of hydrogen-bond donors (Lipinski definition) is 0. The second-order valence-corrected chi connectivity index (χ2v) is 5.69. The summed E-state index contributed by atoms with van der Waals surface area (Å²) in [4.78, 5) is 4.86. The first-order chi connectivity index (χ1) is 7.02. The molecule has 0 radical (unpaired) electrons. The van der Waals surface area contributed by atoms with Gasteiger partial charge in [0.1, 0.15) is 12.2 Å². The van der Waals surface area contributed by atoms with Crippen LogP contribution < -0.4 is 0 Å². The molecule has 0 aliphatic carbocycles. The molecule has 1 aromatic rings. The summed E-state index contributed by atoms with van der Waals surface area (Å²) in [6.07, 6.45) is 3.75. The van der Waals surface area contributed by atoms with Crippen molar-refractivity contribution in [3.8, 4) is 0 Å². The Bertz CT molecular complexity index is 294. The summed E-state index contributed by atoms with van der Waals surface area (Å²) in [6, 6.07) is 0.398. The lowest BCUT2D eigenvalue weighted by atomic mass is 10.1. The molecular weight excluding hydrogens is 254 g/mol. The van der Waals surface area contributed by atoms with Crippen molar-refractivity contribution in [2.24, 2.45) is 5.92 Å². The van der Waals surface area contributed by atoms with Crippen molar-refractivity contribution < 1.29 is 0 Å². The largest absolute Gasteiger partial charge is 0.248 e. The molecule has 0 saturated carbocycles. The zero-order valence-corrected chi connectivity index (χ0v) is 11.5. The monoisotopic (exact) mass is 273 g/mol. The van der Waals surface area contributed by atoms with Gasteiger partial charge in [-0.05, 0) is 26.2 Å². The second-order valence-electron chi connectivity index (χ2n) is 4.51. The Morgan fingerprint density at radius 3 is 2.53 bits per heavy atom. The molecule has 1 heterocycles. The van der Waals surface area contributed by atoms with E-state index < -0.39 is 0 Å². The molecule has 0 amide bonds. The Balaban J connectivity index is 2.54. The highest BCUT2D eigenvalue weighted by molar-refractivity contribution is 9.09. The maximum atomic E-state index is 4.30. The normalized spacial score (nSPS) is 13.8. The van der Waals surface area contributed by atoms with Gasteiger partial charge in [0.05, 0.1) is 0 Å². The minimum atomic E-state index is 0.398. The summed E-state index contributed by atoms with van der Waals surface area (Å²) in [7, 11) is 0. The third-order valence-electron chi connectivity index (χ3n) is 2.50. The van der Waals surface area contributed by atoms with Crippen LogP contribution in [-0.2, 0) is 6.42 Å². The number of rotatable bonds is 5. The van der Waals surface area contributed by atoms with Gasteiger partial charge < -0.3 is 0 Å². The number of nitrogens with zero attached hydrogens (tertiary/aromatic N) is 3. The number of hydrogen-bond acceptors (Lipinski definition) is 2. The highest BCUT2D eigenvalue weighted by Gasteiger charge is 2.12. The van der Waals surface area contributed by atoms with Gasteiger partial charge in [0.2, 0.25) is 0 Å². The molecule has 15 heavy (non-hydrogen) atoms. The molecule has 0 bridgehead atoms. The van der Waals surface area contributed by atoms with E-state index in [0.29, 0.717) is 16.8 Å². The first-order valence-electron chi connectivity index (χ1n) is 5.54. The van der Waals surface area contributed by atoms with Crippen LogP contribution in [-0.4, -0.2) is 19.6 Å². The lowest BCUT2D eigenvalue weighted by Crippen LogP contribution is -2.13. The zero-order valence-electron chi connectivity index (χ0n) is 9.94. The van der Waals surface area contributed by atoms with E-state index in [1.54, 1.807) is 6.33 Å². The Kier molecular flexibility index (Phi) is 4.77. The number of alkyl halides is 1. The molecule has 4 heteroatoms. The van der Waals surface area contributed by atoms with E-state index in [0.717, 1.165) is 18.7 Å². The fourth-order valence-corrected chi connectivity index (χ4v) is 1.71. The van der Waals surface area contributed by atoms with Gasteiger partial charge in [0.25, 0.3) is 0 Å². The lowest BCUT2D eigenvalue weighted by molar-refractivity contribution is 0.491. The molecule has 3 nitrogen and oxygen atoms in total. The summed E-state index contributed by atoms with van der Waals surface area (Å²) in [5.41, 5.74) is 0. The highest BCUT2D eigenvalue weighted by Crippen LogP contribution is 2.18. The van der Waals surface area contributed by atoms with Crippen molar-refractivity contribution >= 4 is 15.9 Å². The quantitative estimate of drug-likeness (QED) is 0.772. The van der Waals surface area contributed by atoms with Gasteiger partial charge in [-0.2, -0.15) is 5.10 Å². The topological polar surface area (TPSA) is 30.7 Å². The third-order valence-corrected chi connectivity index (χ3v) is 4.02. The van der Waals surface area contributed by atoms with Crippen molar-refractivity contribution in [3.63, 3.8) is 0 Å². The smallest absolute Gasteiger partial charge is 0.138 e. The van der Waals surface area contributed by atoms with Gasteiger partial charge in [0.15, 0.2) is 0 Å². The summed E-state index contributed by atoms with van der Waals surface area (Å²) < 4.78 is 2.00. The van der Waals surface area contributed by atoms with Crippen LogP contribution in [0, 0.1) is 5.92 Å². The second kappa shape index (κ2) is 5.64. The predicted molar refractivity (Wildman–Crippen MR) is 66.3 cm³/mol. The van der Waals surface area contributed by atoms with Gasteiger partial charge in [0, 0.05) is 17.3 Å². The summed E-state index contributed by atoms with van der Waals surface area (Å²) in [6.45, 7) is 8.72. The van der Waals surface area contributed by atoms with Crippen molar-refractivity contribution in [2.75, 3.05) is 0 Å². The Hall–Kier alpha value is -0.380. The minimum Gasteiger partial charge on any atom is -0.248 e. The Morgan fingerprint density at radius 2 is 2.00 bits per heavy atom. The standard InChI is InChI=1S/C11H20BrN3/c1-8(2)10(12)5-6-11-13-7-14-15(11)9(3)4/h7-10H,5-6H2,1-4H3. The van der Waals surface area contributed by atoms with Gasteiger partial charge >= 0.3 is 0 Å². The molecule has 0 spiro atoms. The minimum absolute atomic E-state index is 0.398. The van der Waals surface area contributed by atoms with E-state index in [4.69, 9.17) is 0 Å². The maximum Gasteiger partial charge on any atom is 0.138 e. The van der Waals surface area contributed by atoms with Crippen LogP contribution in [0.4, 0.5) is 0 Å². The van der Waals surface area contributed by atoms with Crippen molar-refractivity contribution in [1.29, 1.82) is 0 Å². The fourth-order valence-electron chi connectivity index (χ4n) is 1.48. The van der Waals surface area contributed by atoms with E-state index >= 15 is 0 Å². The van der Waals surface area contributed by atoms with Crippen LogP contribution in [0.15, 0.2) is 6.33 Å². The first kappa shape index (κ1) is 12.7. The van der Waals surface area contributed by atoms with Gasteiger partial charge in [-0.1, -0.05) is 29.8 Å². The average molecular weight is 274 g/mol. The van der Waals surface area contributed by atoms with Gasteiger partial charge in [-0.25, -0.2) is 9.67 Å². The van der Waals surface area contributed by atoms with E-state index in [1.807, 2.05) is 4.68 Å². The number of halogens is 1. The van der Waals surface area contributed by atoms with Crippen LogP contribution in [0.5, 0.6) is 0 Å². The Labute approximate surface area is 100 Å². The molecule has 1 rings (SSSR count). The first-order valence-corrected chi connectivity index (χ1v) is 6.46. The van der Waals surface area contributed by atoms with Crippen LogP contribution >= 0.6 is 15.9 Å². The van der Waals surface area contributed by atoms with Crippen molar-refractivity contribution in [2.45, 2.75) is 51.4 Å². The van der Waals surface area contributed by atoms with Crippen molar-refractivity contribution in [1.82, 2.24) is 14.8 Å². The molecule has 0 aliphatic rings. The molecule has 0 fully saturated rings. The molecule has 0 aliphatic heterocycles. The average Bonchev–Trinajstić information content (AvgIpc) is 2.61. The number of aromatic nitrogens is 3. The zero-order chi connectivity index (χ0) is 11.4. The van der Waals surface area contributed by atoms with Crippen LogP contribution in [0.1, 0.15) is 46.0 Å². The van der Waals surface area contributed by atoms with Crippen LogP contribution in [0.3, 0.4) is 0 Å². The fraction of sp³-hybridized carbons (Fsp3) is 0.818. The van der Waals surface area contributed by atoms with Crippen molar-refractivity contribution in [3.05, 3.63) is 12.2 Å². The van der Waals surface area contributed by atoms with E-state index in [2.05, 4.69) is 53.7 Å². The third kappa shape index (κ3) is 3.59. The SMILES string of the molecule is CC(C)C(Br)CCc1ncnn1C(C)C. The molecular formula is C11H20BrN3. The molecule has 0 saturated heterocycles. The number of aryl methyl sites for hydroxylation is 1.